The van der Waals surface area contributed by atoms with Crippen molar-refractivity contribution >= 4 is 22.1 Å². The maximum absolute atomic E-state index is 11.9. The topological polar surface area (TPSA) is 94.2 Å². The molecule has 0 atom stereocenters. The van der Waals surface area contributed by atoms with E-state index < -0.39 is 10.0 Å². The summed E-state index contributed by atoms with van der Waals surface area (Å²) in [5.41, 5.74) is 0.806. The van der Waals surface area contributed by atoms with E-state index >= 15 is 0 Å². The van der Waals surface area contributed by atoms with Crippen molar-refractivity contribution in [3.63, 3.8) is 0 Å². The van der Waals surface area contributed by atoms with Crippen LogP contribution in [-0.4, -0.2) is 24.5 Å². The molecule has 8 heteroatoms. The highest BCUT2D eigenvalue weighted by atomic mass is 32.2. The molecule has 0 aliphatic heterocycles. The highest BCUT2D eigenvalue weighted by Crippen LogP contribution is 2.17. The lowest BCUT2D eigenvalue weighted by atomic mass is 10.5. The van der Waals surface area contributed by atoms with Crippen LogP contribution in [0.2, 0.25) is 0 Å². The van der Waals surface area contributed by atoms with Crippen LogP contribution in [0.3, 0.4) is 0 Å². The molecule has 18 heavy (non-hydrogen) atoms. The van der Waals surface area contributed by atoms with E-state index in [4.69, 9.17) is 4.42 Å². The van der Waals surface area contributed by atoms with E-state index in [0.29, 0.717) is 6.29 Å². The first-order chi connectivity index (χ1) is 8.42. The Morgan fingerprint density at radius 3 is 2.67 bits per heavy atom. The number of carbonyl (C=O) groups is 1. The molecule has 0 radical (unpaired) electrons. The highest BCUT2D eigenvalue weighted by molar-refractivity contribution is 7.92. The van der Waals surface area contributed by atoms with Crippen molar-refractivity contribution in [2.24, 2.45) is 7.05 Å². The Labute approximate surface area is 103 Å². The van der Waals surface area contributed by atoms with Crippen molar-refractivity contribution < 1.29 is 17.6 Å². The van der Waals surface area contributed by atoms with Crippen molar-refractivity contribution in [3.8, 4) is 0 Å². The largest absolute Gasteiger partial charge is 0.440 e. The van der Waals surface area contributed by atoms with E-state index in [-0.39, 0.29) is 16.7 Å². The number of hydrogen-bond donors (Lipinski definition) is 1. The van der Waals surface area contributed by atoms with Crippen LogP contribution in [0, 0.1) is 6.92 Å². The van der Waals surface area contributed by atoms with E-state index in [0.717, 1.165) is 5.69 Å². The average Bonchev–Trinajstić information content (AvgIpc) is 2.86. The maximum Gasteiger partial charge on any atom is 0.296 e. The molecule has 0 aliphatic carbocycles. The third kappa shape index (κ3) is 2.28. The smallest absolute Gasteiger partial charge is 0.296 e. The van der Waals surface area contributed by atoms with Crippen LogP contribution >= 0.6 is 0 Å². The van der Waals surface area contributed by atoms with Gasteiger partial charge in [0.05, 0.1) is 0 Å². The molecule has 0 saturated carbocycles. The second-order valence-corrected chi connectivity index (χ2v) is 5.29. The molecule has 0 bridgehead atoms. The molecule has 96 valence electrons. The third-order valence-corrected chi connectivity index (χ3v) is 3.56. The SMILES string of the molecule is Cc1cc(NS(=O)(=O)c2ccc(C=O)o2)nn1C. The van der Waals surface area contributed by atoms with Crippen LogP contribution < -0.4 is 4.72 Å². The molecule has 2 rings (SSSR count). The van der Waals surface area contributed by atoms with Gasteiger partial charge >= 0.3 is 0 Å². The number of hydrogen-bond acceptors (Lipinski definition) is 5. The normalized spacial score (nSPS) is 11.4. The van der Waals surface area contributed by atoms with Gasteiger partial charge in [0.2, 0.25) is 5.09 Å². The molecule has 7 nitrogen and oxygen atoms in total. The first-order valence-corrected chi connectivity index (χ1v) is 6.49. The Balaban J connectivity index is 2.29. The monoisotopic (exact) mass is 269 g/mol. The number of nitrogens with one attached hydrogen (secondary N) is 1. The van der Waals surface area contributed by atoms with E-state index in [2.05, 4.69) is 9.82 Å². The molecule has 0 aromatic carbocycles. The number of sulfonamides is 1. The second kappa shape index (κ2) is 4.30. The lowest BCUT2D eigenvalue weighted by Crippen LogP contribution is -2.12. The minimum absolute atomic E-state index is 0.0485. The molecule has 0 spiro atoms. The summed E-state index contributed by atoms with van der Waals surface area (Å²) in [7, 11) is -2.16. The second-order valence-electron chi connectivity index (χ2n) is 3.67. The van der Waals surface area contributed by atoms with Gasteiger partial charge in [-0.25, -0.2) is 0 Å². The Kier molecular flexibility index (Phi) is 2.95. The van der Waals surface area contributed by atoms with Crippen LogP contribution in [0.25, 0.3) is 0 Å². The fourth-order valence-electron chi connectivity index (χ4n) is 1.34. The Morgan fingerprint density at radius 2 is 2.17 bits per heavy atom. The first-order valence-electron chi connectivity index (χ1n) is 5.01. The number of carbonyl (C=O) groups excluding carboxylic acids is 1. The quantitative estimate of drug-likeness (QED) is 0.833. The highest BCUT2D eigenvalue weighted by Gasteiger charge is 2.20. The molecule has 0 fully saturated rings. The standard InChI is InChI=1S/C10H11N3O4S/c1-7-5-9(11-13(7)2)12-18(15,16)10-4-3-8(6-14)17-10/h3-6H,1-2H3,(H,11,12). The molecular formula is C10H11N3O4S. The van der Waals surface area contributed by atoms with Gasteiger partial charge in [-0.2, -0.15) is 13.5 Å². The lowest BCUT2D eigenvalue weighted by Gasteiger charge is -2.01. The summed E-state index contributed by atoms with van der Waals surface area (Å²) in [5.74, 6) is 0.145. The van der Waals surface area contributed by atoms with Crippen LogP contribution in [0.4, 0.5) is 5.82 Å². The molecule has 0 unspecified atom stereocenters. The molecule has 2 aromatic rings. The molecule has 2 heterocycles. The van der Waals surface area contributed by atoms with Crippen molar-refractivity contribution in [2.45, 2.75) is 12.0 Å². The minimum Gasteiger partial charge on any atom is -0.440 e. The maximum atomic E-state index is 11.9. The number of aromatic nitrogens is 2. The zero-order chi connectivity index (χ0) is 13.3. The fraction of sp³-hybridized carbons (Fsp3) is 0.200. The Hall–Kier alpha value is -2.09. The molecule has 0 saturated heterocycles. The van der Waals surface area contributed by atoms with Crippen LogP contribution in [-0.2, 0) is 17.1 Å². The summed E-state index contributed by atoms with van der Waals surface area (Å²) < 4.78 is 32.4. The van der Waals surface area contributed by atoms with Gasteiger partial charge in [0, 0.05) is 18.8 Å². The van der Waals surface area contributed by atoms with Gasteiger partial charge in [-0.1, -0.05) is 0 Å². The predicted molar refractivity (Wildman–Crippen MR) is 62.8 cm³/mol. The molecular weight excluding hydrogens is 258 g/mol. The number of rotatable bonds is 4. The number of anilines is 1. The number of furan rings is 1. The zero-order valence-electron chi connectivity index (χ0n) is 9.75. The van der Waals surface area contributed by atoms with E-state index in [1.54, 1.807) is 20.0 Å². The van der Waals surface area contributed by atoms with E-state index in [1.165, 1.54) is 16.8 Å². The van der Waals surface area contributed by atoms with Gasteiger partial charge < -0.3 is 4.42 Å². The summed E-state index contributed by atoms with van der Waals surface area (Å²) in [6, 6.07) is 4.08. The van der Waals surface area contributed by atoms with Crippen molar-refractivity contribution in [1.29, 1.82) is 0 Å². The number of aldehydes is 1. The van der Waals surface area contributed by atoms with Gasteiger partial charge in [0.25, 0.3) is 10.0 Å². The average molecular weight is 269 g/mol. The summed E-state index contributed by atoms with van der Waals surface area (Å²) in [6.07, 6.45) is 0.434. The molecule has 0 aliphatic rings. The predicted octanol–water partition coefficient (Wildman–Crippen LogP) is 0.935. The number of aryl methyl sites for hydroxylation is 2. The molecule has 1 N–H and O–H groups in total. The van der Waals surface area contributed by atoms with Gasteiger partial charge in [0.1, 0.15) is 0 Å². The van der Waals surface area contributed by atoms with Gasteiger partial charge in [-0.05, 0) is 19.1 Å². The summed E-state index contributed by atoms with van der Waals surface area (Å²) in [4.78, 5) is 10.4. The Bertz CT molecular complexity index is 664. The van der Waals surface area contributed by atoms with Gasteiger partial charge in [-0.3, -0.25) is 14.2 Å². The fourth-order valence-corrected chi connectivity index (χ4v) is 2.27. The Morgan fingerprint density at radius 1 is 1.44 bits per heavy atom. The lowest BCUT2D eigenvalue weighted by molar-refractivity contribution is 0.109. The van der Waals surface area contributed by atoms with Crippen LogP contribution in [0.1, 0.15) is 16.2 Å². The summed E-state index contributed by atoms with van der Waals surface area (Å²) in [5, 5.41) is 3.64. The zero-order valence-corrected chi connectivity index (χ0v) is 10.6. The number of nitrogens with zero attached hydrogens (tertiary/aromatic N) is 2. The van der Waals surface area contributed by atoms with Crippen molar-refractivity contribution in [1.82, 2.24) is 9.78 Å². The van der Waals surface area contributed by atoms with Crippen LogP contribution in [0.15, 0.2) is 27.7 Å². The van der Waals surface area contributed by atoms with Crippen LogP contribution in [0.5, 0.6) is 0 Å². The molecule has 0 amide bonds. The van der Waals surface area contributed by atoms with E-state index in [9.17, 15) is 13.2 Å². The first kappa shape index (κ1) is 12.4. The van der Waals surface area contributed by atoms with E-state index in [1.807, 2.05) is 0 Å². The van der Waals surface area contributed by atoms with Crippen molar-refractivity contribution in [3.05, 3.63) is 29.7 Å². The van der Waals surface area contributed by atoms with Gasteiger partial charge in [0.15, 0.2) is 17.9 Å². The van der Waals surface area contributed by atoms with Crippen molar-refractivity contribution in [2.75, 3.05) is 4.72 Å². The summed E-state index contributed by atoms with van der Waals surface area (Å²) >= 11 is 0. The molecule has 2 aromatic heterocycles. The third-order valence-electron chi connectivity index (χ3n) is 2.34. The van der Waals surface area contributed by atoms with Gasteiger partial charge in [-0.15, -0.1) is 0 Å². The minimum atomic E-state index is -3.86. The summed E-state index contributed by atoms with van der Waals surface area (Å²) in [6.45, 7) is 1.79.